The molecule has 0 amide bonds. The van der Waals surface area contributed by atoms with Gasteiger partial charge in [-0.2, -0.15) is 5.26 Å². The lowest BCUT2D eigenvalue weighted by Crippen LogP contribution is -2.20. The van der Waals surface area contributed by atoms with Crippen LogP contribution in [0.5, 0.6) is 0 Å². The van der Waals surface area contributed by atoms with Crippen molar-refractivity contribution in [1.29, 1.82) is 5.26 Å². The first-order valence-electron chi connectivity index (χ1n) is 4.83. The quantitative estimate of drug-likeness (QED) is 0.709. The number of nitrogen functional groups attached to an aromatic ring is 1. The van der Waals surface area contributed by atoms with Crippen molar-refractivity contribution in [3.8, 4) is 6.07 Å². The van der Waals surface area contributed by atoms with Gasteiger partial charge in [-0.15, -0.1) is 11.3 Å². The minimum absolute atomic E-state index is 0.372. The molecule has 0 saturated heterocycles. The second kappa shape index (κ2) is 2.99. The predicted molar refractivity (Wildman–Crippen MR) is 59.3 cm³/mol. The van der Waals surface area contributed by atoms with Crippen LogP contribution in [-0.2, 0) is 12.8 Å². The van der Waals surface area contributed by atoms with E-state index in [1.807, 2.05) is 0 Å². The van der Waals surface area contributed by atoms with Crippen LogP contribution in [0.3, 0.4) is 0 Å². The Morgan fingerprint density at radius 1 is 1.50 bits per heavy atom. The van der Waals surface area contributed by atoms with Crippen molar-refractivity contribution in [2.24, 2.45) is 5.41 Å². The molecule has 0 aliphatic heterocycles. The van der Waals surface area contributed by atoms with E-state index in [0.717, 1.165) is 24.8 Å². The van der Waals surface area contributed by atoms with Crippen molar-refractivity contribution in [2.45, 2.75) is 33.1 Å². The minimum atomic E-state index is 0.372. The van der Waals surface area contributed by atoms with Crippen molar-refractivity contribution < 1.29 is 0 Å². The zero-order valence-electron chi connectivity index (χ0n) is 8.55. The van der Waals surface area contributed by atoms with Crippen LogP contribution in [0.2, 0.25) is 0 Å². The molecule has 1 aliphatic carbocycles. The molecule has 0 unspecified atom stereocenters. The zero-order valence-corrected chi connectivity index (χ0v) is 9.37. The third-order valence-corrected chi connectivity index (χ3v) is 3.98. The lowest BCUT2D eigenvalue weighted by molar-refractivity contribution is 0.319. The molecule has 0 atom stereocenters. The van der Waals surface area contributed by atoms with Crippen LogP contribution in [0.1, 0.15) is 36.3 Å². The maximum absolute atomic E-state index is 8.97. The second-order valence-corrected chi connectivity index (χ2v) is 5.83. The summed E-state index contributed by atoms with van der Waals surface area (Å²) in [6.07, 6.45) is 3.24. The highest BCUT2D eigenvalue weighted by atomic mass is 32.1. The molecule has 0 aromatic carbocycles. The molecule has 1 heterocycles. The topological polar surface area (TPSA) is 49.8 Å². The van der Waals surface area contributed by atoms with Gasteiger partial charge in [-0.1, -0.05) is 13.8 Å². The fourth-order valence-electron chi connectivity index (χ4n) is 2.05. The van der Waals surface area contributed by atoms with E-state index in [2.05, 4.69) is 19.9 Å². The van der Waals surface area contributed by atoms with Crippen LogP contribution in [0.25, 0.3) is 0 Å². The number of nitrogens with two attached hydrogens (primary N) is 1. The molecule has 0 fully saturated rings. The third kappa shape index (κ3) is 1.40. The Morgan fingerprint density at radius 2 is 2.21 bits per heavy atom. The standard InChI is InChI=1S/C11H14N2S/c1-11(2)4-3-7-8(6-12)10(13)14-9(7)5-11/h3-5,13H2,1-2H3. The van der Waals surface area contributed by atoms with Crippen LogP contribution >= 0.6 is 11.3 Å². The molecular formula is C11H14N2S. The number of nitriles is 1. The van der Waals surface area contributed by atoms with Gasteiger partial charge in [0.05, 0.1) is 5.56 Å². The van der Waals surface area contributed by atoms with E-state index >= 15 is 0 Å². The average molecular weight is 206 g/mol. The lowest BCUT2D eigenvalue weighted by Gasteiger charge is -2.29. The summed E-state index contributed by atoms with van der Waals surface area (Å²) in [6.45, 7) is 4.55. The molecule has 2 rings (SSSR count). The van der Waals surface area contributed by atoms with Gasteiger partial charge >= 0.3 is 0 Å². The first-order chi connectivity index (χ1) is 6.53. The number of hydrogen-bond donors (Lipinski definition) is 1. The Bertz CT molecular complexity index is 410. The lowest BCUT2D eigenvalue weighted by atomic mass is 9.77. The minimum Gasteiger partial charge on any atom is -0.389 e. The van der Waals surface area contributed by atoms with E-state index in [-0.39, 0.29) is 0 Å². The Morgan fingerprint density at radius 3 is 2.86 bits per heavy atom. The average Bonchev–Trinajstić information content (AvgIpc) is 2.37. The summed E-state index contributed by atoms with van der Waals surface area (Å²) in [4.78, 5) is 1.33. The summed E-state index contributed by atoms with van der Waals surface area (Å²) in [6, 6.07) is 2.22. The monoisotopic (exact) mass is 206 g/mol. The molecule has 1 aliphatic rings. The Hall–Kier alpha value is -1.01. The fraction of sp³-hybridized carbons (Fsp3) is 0.545. The molecule has 0 saturated carbocycles. The van der Waals surface area contributed by atoms with Gasteiger partial charge in [-0.25, -0.2) is 0 Å². The molecular weight excluding hydrogens is 192 g/mol. The van der Waals surface area contributed by atoms with E-state index in [4.69, 9.17) is 11.0 Å². The summed E-state index contributed by atoms with van der Waals surface area (Å²) < 4.78 is 0. The highest BCUT2D eigenvalue weighted by Crippen LogP contribution is 2.42. The number of hydrogen-bond acceptors (Lipinski definition) is 3. The van der Waals surface area contributed by atoms with Gasteiger partial charge in [0.25, 0.3) is 0 Å². The maximum atomic E-state index is 8.97. The molecule has 14 heavy (non-hydrogen) atoms. The highest BCUT2D eigenvalue weighted by Gasteiger charge is 2.29. The molecule has 2 nitrogen and oxygen atoms in total. The number of nitrogens with zero attached hydrogens (tertiary/aromatic N) is 1. The van der Waals surface area contributed by atoms with Gasteiger partial charge in [-0.05, 0) is 30.2 Å². The van der Waals surface area contributed by atoms with Crippen LogP contribution in [0, 0.1) is 16.7 Å². The summed E-state index contributed by atoms with van der Waals surface area (Å²) >= 11 is 1.60. The largest absolute Gasteiger partial charge is 0.389 e. The number of thiophene rings is 1. The van der Waals surface area contributed by atoms with Gasteiger partial charge in [0.2, 0.25) is 0 Å². The van der Waals surface area contributed by atoms with E-state index < -0.39 is 0 Å². The van der Waals surface area contributed by atoms with Crippen molar-refractivity contribution in [2.75, 3.05) is 5.73 Å². The van der Waals surface area contributed by atoms with Gasteiger partial charge < -0.3 is 5.73 Å². The number of rotatable bonds is 0. The van der Waals surface area contributed by atoms with Crippen LogP contribution in [0.15, 0.2) is 0 Å². The maximum Gasteiger partial charge on any atom is 0.104 e. The van der Waals surface area contributed by atoms with Crippen molar-refractivity contribution >= 4 is 16.3 Å². The van der Waals surface area contributed by atoms with Crippen molar-refractivity contribution in [3.63, 3.8) is 0 Å². The highest BCUT2D eigenvalue weighted by molar-refractivity contribution is 7.16. The molecule has 2 N–H and O–H groups in total. The Labute approximate surface area is 88.4 Å². The van der Waals surface area contributed by atoms with Crippen LogP contribution < -0.4 is 5.73 Å². The van der Waals surface area contributed by atoms with Gasteiger partial charge in [0.1, 0.15) is 11.1 Å². The third-order valence-electron chi connectivity index (χ3n) is 2.92. The first kappa shape index (κ1) is 9.54. The Balaban J connectivity index is 2.48. The van der Waals surface area contributed by atoms with Crippen molar-refractivity contribution in [3.05, 3.63) is 16.0 Å². The molecule has 3 heteroatoms. The summed E-state index contributed by atoms with van der Waals surface area (Å²) in [5.74, 6) is 0. The van der Waals surface area contributed by atoms with E-state index in [0.29, 0.717) is 10.4 Å². The first-order valence-corrected chi connectivity index (χ1v) is 5.65. The normalized spacial score (nSPS) is 18.6. The van der Waals surface area contributed by atoms with Crippen molar-refractivity contribution in [1.82, 2.24) is 0 Å². The van der Waals surface area contributed by atoms with E-state index in [1.165, 1.54) is 10.4 Å². The summed E-state index contributed by atoms with van der Waals surface area (Å²) in [5, 5.41) is 9.67. The SMILES string of the molecule is CC1(C)CCc2c(sc(N)c2C#N)C1. The van der Waals surface area contributed by atoms with E-state index in [1.54, 1.807) is 11.3 Å². The van der Waals surface area contributed by atoms with Gasteiger partial charge in [0, 0.05) is 4.88 Å². The van der Waals surface area contributed by atoms with E-state index in [9.17, 15) is 0 Å². The molecule has 1 aromatic heterocycles. The smallest absolute Gasteiger partial charge is 0.104 e. The predicted octanol–water partition coefficient (Wildman–Crippen LogP) is 2.72. The fourth-order valence-corrected chi connectivity index (χ4v) is 3.38. The molecule has 0 spiro atoms. The molecule has 0 radical (unpaired) electrons. The second-order valence-electron chi connectivity index (χ2n) is 4.70. The Kier molecular flexibility index (Phi) is 2.04. The molecule has 1 aromatic rings. The van der Waals surface area contributed by atoms with Crippen LogP contribution in [-0.4, -0.2) is 0 Å². The number of fused-ring (bicyclic) bond motifs is 1. The van der Waals surface area contributed by atoms with Gasteiger partial charge in [0.15, 0.2) is 0 Å². The zero-order chi connectivity index (χ0) is 10.3. The molecule has 0 bridgehead atoms. The molecule has 74 valence electrons. The number of anilines is 1. The van der Waals surface area contributed by atoms with Crippen LogP contribution in [0.4, 0.5) is 5.00 Å². The summed E-state index contributed by atoms with van der Waals surface area (Å²) in [7, 11) is 0. The summed E-state index contributed by atoms with van der Waals surface area (Å²) in [5.41, 5.74) is 8.14. The van der Waals surface area contributed by atoms with Gasteiger partial charge in [-0.3, -0.25) is 0 Å².